The molecule has 0 aliphatic carbocycles. The first-order valence-electron chi connectivity index (χ1n) is 26.0. The Bertz CT molecular complexity index is 4390. The summed E-state index contributed by atoms with van der Waals surface area (Å²) < 4.78 is 0. The normalized spacial score (nSPS) is 11.9. The number of aromatic amines is 4. The molecule has 378 valence electrons. The molecule has 14 aromatic rings. The van der Waals surface area contributed by atoms with Crippen molar-refractivity contribution in [2.75, 3.05) is 0 Å². The zero-order valence-corrected chi connectivity index (χ0v) is 44.9. The quantitative estimate of drug-likeness (QED) is 0.111. The van der Waals surface area contributed by atoms with E-state index in [4.69, 9.17) is 59.8 Å². The topological polar surface area (TPSA) is 218 Å². The summed E-state index contributed by atoms with van der Waals surface area (Å²) in [6, 6.07) is 64.5. The molecule has 4 aliphatic heterocycles. The van der Waals surface area contributed by atoms with Crippen LogP contribution in [0.15, 0.2) is 194 Å². The summed E-state index contributed by atoms with van der Waals surface area (Å²) in [5.74, 6) is 4.78. The first-order valence-corrected chi connectivity index (χ1v) is 26.0. The molecule has 0 fully saturated rings. The van der Waals surface area contributed by atoms with Crippen LogP contribution in [-0.2, 0) is 0 Å². The maximum absolute atomic E-state index is 5.02. The molecule has 18 rings (SSSR count). The van der Waals surface area contributed by atoms with Gasteiger partial charge in [-0.15, -0.1) is 0 Å². The van der Waals surface area contributed by atoms with E-state index in [1.165, 1.54) is 0 Å². The van der Waals surface area contributed by atoms with Gasteiger partial charge in [0.15, 0.2) is 46.6 Å². The molecule has 0 radical (unpaired) electrons. The van der Waals surface area contributed by atoms with Crippen molar-refractivity contribution in [1.82, 2.24) is 79.7 Å². The first-order chi connectivity index (χ1) is 39.6. The number of fused-ring (bicyclic) bond motifs is 40. The van der Waals surface area contributed by atoms with Crippen LogP contribution >= 0.6 is 0 Å². The minimum Gasteiger partial charge on any atom is -0.324 e. The summed E-state index contributed by atoms with van der Waals surface area (Å²) in [4.78, 5) is 73.5. The maximum Gasteiger partial charge on any atom is 0.164 e. The Labute approximate surface area is 489 Å². The first kappa shape index (κ1) is 46.9. The Hall–Kier alpha value is -10.2. The smallest absolute Gasteiger partial charge is 0.164 e. The number of hydrogen-bond acceptors (Lipinski definition) is 12. The summed E-state index contributed by atoms with van der Waals surface area (Å²) in [5.41, 5.74) is 12.9. The standard InChI is InChI=1S/2C32H18N8.Sm/c2*1-2-10-18-17(9-1)25-33-26(18)38-28-21-13-5-6-14-22(21)30(35-28)40-32-24-16-8-7-15-23(24)31(36-32)39-29-20-12-4-3-11-19(20)27(34-29)37-25;/h2*1-16H,(H2,33,34,35,36,37,38,39,40);. The fourth-order valence-corrected chi connectivity index (χ4v) is 11.2. The molecule has 4 N–H and O–H groups in total. The fraction of sp³-hybridized carbons (Fsp3) is 0. The third kappa shape index (κ3) is 7.58. The molecule has 0 unspecified atom stereocenters. The van der Waals surface area contributed by atoms with Gasteiger partial charge in [0.05, 0.1) is 0 Å². The fourth-order valence-electron chi connectivity index (χ4n) is 11.2. The van der Waals surface area contributed by atoms with Gasteiger partial charge >= 0.3 is 0 Å². The number of nitrogens with one attached hydrogen (secondary N) is 4. The van der Waals surface area contributed by atoms with Gasteiger partial charge in [-0.3, -0.25) is 0 Å². The van der Waals surface area contributed by atoms with Crippen LogP contribution in [0.1, 0.15) is 0 Å². The number of nitrogens with zero attached hydrogens (tertiary/aromatic N) is 12. The monoisotopic (exact) mass is 1180 g/mol. The third-order valence-electron chi connectivity index (χ3n) is 14.9. The molecule has 0 atom stereocenters. The molecule has 8 aromatic carbocycles. The van der Waals surface area contributed by atoms with E-state index in [-0.39, 0.29) is 40.4 Å². The van der Waals surface area contributed by atoms with Gasteiger partial charge in [-0.2, -0.15) is 0 Å². The van der Waals surface area contributed by atoms with Crippen LogP contribution in [0.2, 0.25) is 0 Å². The van der Waals surface area contributed by atoms with Crippen LogP contribution in [-0.4, -0.2) is 79.7 Å². The van der Waals surface area contributed by atoms with E-state index in [0.717, 1.165) is 87.6 Å². The molecule has 16 nitrogen and oxygen atoms in total. The summed E-state index contributed by atoms with van der Waals surface area (Å²) >= 11 is 0. The van der Waals surface area contributed by atoms with Crippen LogP contribution in [0, 0.1) is 40.4 Å². The number of hydrogen-bond donors (Lipinski definition) is 4. The molecule has 0 saturated carbocycles. The predicted octanol–water partition coefficient (Wildman–Crippen LogP) is 13.7. The molecule has 16 bridgehead atoms. The van der Waals surface area contributed by atoms with Crippen LogP contribution in [0.5, 0.6) is 0 Å². The van der Waals surface area contributed by atoms with Gasteiger partial charge in [0.1, 0.15) is 45.2 Å². The molecule has 10 heterocycles. The van der Waals surface area contributed by atoms with Crippen molar-refractivity contribution >= 4 is 88.3 Å². The zero-order chi connectivity index (χ0) is 52.4. The van der Waals surface area contributed by atoms with Crippen molar-refractivity contribution in [2.45, 2.75) is 0 Å². The van der Waals surface area contributed by atoms with Crippen molar-refractivity contribution in [3.63, 3.8) is 0 Å². The number of H-pyrrole nitrogens is 4. The van der Waals surface area contributed by atoms with Gasteiger partial charge in [-0.1, -0.05) is 194 Å². The molecule has 81 heavy (non-hydrogen) atoms. The van der Waals surface area contributed by atoms with Crippen molar-refractivity contribution in [3.05, 3.63) is 194 Å². The predicted molar refractivity (Wildman–Crippen MR) is 312 cm³/mol. The Kier molecular flexibility index (Phi) is 10.7. The third-order valence-corrected chi connectivity index (χ3v) is 14.9. The van der Waals surface area contributed by atoms with Gasteiger partial charge in [0.2, 0.25) is 0 Å². The number of aromatic nitrogens is 16. The Morgan fingerprint density at radius 1 is 0.160 bits per heavy atom. The molecular weight excluding hydrogens is 1140 g/mol. The summed E-state index contributed by atoms with van der Waals surface area (Å²) in [7, 11) is 0. The molecule has 0 spiro atoms. The van der Waals surface area contributed by atoms with Crippen molar-refractivity contribution < 1.29 is 40.4 Å². The molecule has 6 aromatic heterocycles. The van der Waals surface area contributed by atoms with Gasteiger partial charge in [0.25, 0.3) is 0 Å². The molecule has 0 amide bonds. The Morgan fingerprint density at radius 2 is 0.284 bits per heavy atom. The molecule has 0 saturated heterocycles. The summed E-state index contributed by atoms with van der Waals surface area (Å²) in [6.45, 7) is 0. The summed E-state index contributed by atoms with van der Waals surface area (Å²) in [6.07, 6.45) is 0. The van der Waals surface area contributed by atoms with Crippen LogP contribution in [0.3, 0.4) is 0 Å². The van der Waals surface area contributed by atoms with Crippen LogP contribution in [0.4, 0.5) is 0 Å². The van der Waals surface area contributed by atoms with Crippen molar-refractivity contribution in [2.24, 2.45) is 0 Å². The molecular formula is C64H36N16Sm. The Morgan fingerprint density at radius 3 is 0.420 bits per heavy atom. The number of benzene rings is 8. The van der Waals surface area contributed by atoms with Crippen LogP contribution < -0.4 is 0 Å². The summed E-state index contributed by atoms with van der Waals surface area (Å²) in [5, 5.41) is 7.64. The van der Waals surface area contributed by atoms with E-state index in [9.17, 15) is 0 Å². The van der Waals surface area contributed by atoms with E-state index in [0.29, 0.717) is 91.8 Å². The second-order valence-corrected chi connectivity index (χ2v) is 19.6. The maximum atomic E-state index is 5.02. The van der Waals surface area contributed by atoms with E-state index in [2.05, 4.69) is 19.9 Å². The van der Waals surface area contributed by atoms with E-state index in [1.54, 1.807) is 0 Å². The van der Waals surface area contributed by atoms with Gasteiger partial charge in [0, 0.05) is 128 Å². The van der Waals surface area contributed by atoms with Gasteiger partial charge in [-0.05, 0) is 0 Å². The van der Waals surface area contributed by atoms with E-state index < -0.39 is 0 Å². The minimum atomic E-state index is 0. The average Bonchev–Trinajstić information content (AvgIpc) is 4.53. The van der Waals surface area contributed by atoms with Gasteiger partial charge < -0.3 is 19.9 Å². The number of rotatable bonds is 0. The Balaban J connectivity index is 0.000000132. The van der Waals surface area contributed by atoms with Crippen molar-refractivity contribution in [1.29, 1.82) is 0 Å². The van der Waals surface area contributed by atoms with Gasteiger partial charge in [-0.25, -0.2) is 59.8 Å². The van der Waals surface area contributed by atoms with E-state index >= 15 is 0 Å². The second kappa shape index (κ2) is 18.5. The van der Waals surface area contributed by atoms with E-state index in [1.807, 2.05) is 194 Å². The SMILES string of the molecule is [Sm].c1ccc2c(c1)-c1nc-2nc2[nH]c(nc3nc(nc4[nH]c(n1)c1ccccc41)-c1ccccc1-3)c1ccccc21.c1ccc2c(c1)-c1nc-2nc2[nH]c(nc3nc(nc4[nH]c(n1)c1ccccc41)-c1ccccc1-3)c1ccccc21. The minimum absolute atomic E-state index is 0. The average molecular weight is 1180 g/mol. The zero-order valence-electron chi connectivity index (χ0n) is 42.3. The largest absolute Gasteiger partial charge is 0.324 e. The van der Waals surface area contributed by atoms with Crippen molar-refractivity contribution in [3.8, 4) is 91.1 Å². The molecule has 17 heteroatoms. The second-order valence-electron chi connectivity index (χ2n) is 19.6. The van der Waals surface area contributed by atoms with Crippen LogP contribution in [0.25, 0.3) is 179 Å². The molecule has 4 aliphatic rings.